The Bertz CT molecular complexity index is 622. The molecule has 0 amide bonds. The van der Waals surface area contributed by atoms with E-state index in [4.69, 9.17) is 9.47 Å². The number of benzene rings is 1. The van der Waals surface area contributed by atoms with Crippen LogP contribution in [0.1, 0.15) is 0 Å². The molecule has 0 radical (unpaired) electrons. The van der Waals surface area contributed by atoms with Gasteiger partial charge in [0.2, 0.25) is 5.95 Å². The molecule has 3 heterocycles. The highest BCUT2D eigenvalue weighted by Gasteiger charge is 2.26. The Balaban J connectivity index is 1.72. The van der Waals surface area contributed by atoms with Crippen molar-refractivity contribution in [2.45, 2.75) is 0 Å². The highest BCUT2D eigenvalue weighted by Crippen LogP contribution is 2.45. The Hall–Kier alpha value is -2.57. The first-order valence-corrected chi connectivity index (χ1v) is 6.50. The fourth-order valence-corrected chi connectivity index (χ4v) is 2.44. The molecule has 0 bridgehead atoms. The molecule has 0 saturated carbocycles. The predicted molar refractivity (Wildman–Crippen MR) is 72.4 cm³/mol. The van der Waals surface area contributed by atoms with E-state index < -0.39 is 0 Å². The molecule has 0 unspecified atom stereocenters. The van der Waals surface area contributed by atoms with E-state index in [2.05, 4.69) is 25.1 Å². The quantitative estimate of drug-likeness (QED) is 0.851. The lowest BCUT2D eigenvalue weighted by Gasteiger charge is -2.36. The summed E-state index contributed by atoms with van der Waals surface area (Å²) in [5, 5.41) is 8.20. The van der Waals surface area contributed by atoms with Gasteiger partial charge in [-0.15, -0.1) is 10.2 Å². The third kappa shape index (κ3) is 1.87. The number of aromatic nitrogens is 2. The number of nitrogens with zero attached hydrogens (tertiary/aromatic N) is 4. The van der Waals surface area contributed by atoms with Crippen molar-refractivity contribution in [1.82, 2.24) is 9.97 Å². The molecule has 102 valence electrons. The molecule has 1 aromatic carbocycles. The van der Waals surface area contributed by atoms with Gasteiger partial charge in [-0.25, -0.2) is 4.98 Å². The van der Waals surface area contributed by atoms with Crippen molar-refractivity contribution < 1.29 is 9.47 Å². The molecule has 1 aromatic heterocycles. The van der Waals surface area contributed by atoms with Gasteiger partial charge in [0, 0.05) is 24.5 Å². The molecule has 2 aliphatic rings. The summed E-state index contributed by atoms with van der Waals surface area (Å²) in [6.07, 6.45) is 3.34. The smallest absolute Gasteiger partial charge is 0.246 e. The van der Waals surface area contributed by atoms with Crippen molar-refractivity contribution in [3.8, 4) is 11.5 Å². The van der Waals surface area contributed by atoms with E-state index in [9.17, 15) is 0 Å². The molecule has 0 spiro atoms. The Kier molecular flexibility index (Phi) is 2.55. The number of azo groups is 1. The van der Waals surface area contributed by atoms with Gasteiger partial charge < -0.3 is 19.4 Å². The molecule has 0 atom stereocenters. The average Bonchev–Trinajstić information content (AvgIpc) is 2.99. The van der Waals surface area contributed by atoms with E-state index in [1.165, 1.54) is 0 Å². The summed E-state index contributed by atoms with van der Waals surface area (Å²) in [6.45, 7) is 3.17. The van der Waals surface area contributed by atoms with E-state index in [-0.39, 0.29) is 0 Å². The van der Waals surface area contributed by atoms with E-state index >= 15 is 0 Å². The second kappa shape index (κ2) is 4.52. The lowest BCUT2D eigenvalue weighted by Crippen LogP contribution is -2.38. The molecule has 0 aliphatic carbocycles. The molecule has 0 saturated heterocycles. The Morgan fingerprint density at radius 3 is 2.50 bits per heavy atom. The Morgan fingerprint density at radius 2 is 1.85 bits per heavy atom. The maximum Gasteiger partial charge on any atom is 0.246 e. The van der Waals surface area contributed by atoms with Crippen molar-refractivity contribution in [1.29, 1.82) is 0 Å². The zero-order valence-corrected chi connectivity index (χ0v) is 10.7. The van der Waals surface area contributed by atoms with Crippen molar-refractivity contribution in [2.75, 3.05) is 31.2 Å². The Labute approximate surface area is 115 Å². The largest absolute Gasteiger partial charge is 0.489 e. The number of imidazole rings is 1. The first-order chi connectivity index (χ1) is 9.90. The van der Waals surface area contributed by atoms with Gasteiger partial charge in [0.15, 0.2) is 0 Å². The lowest BCUT2D eigenvalue weighted by atomic mass is 10.1. The second-order valence-electron chi connectivity index (χ2n) is 4.59. The molecule has 7 nitrogen and oxygen atoms in total. The van der Waals surface area contributed by atoms with Gasteiger partial charge in [0.25, 0.3) is 0 Å². The van der Waals surface area contributed by atoms with E-state index in [0.717, 1.165) is 30.3 Å². The van der Waals surface area contributed by atoms with Crippen LogP contribution in [0, 0.1) is 0 Å². The standard InChI is InChI=1S/C13H13N5O2/c1-2-15-13(14-1)17-16-9-7-10-12-11(8-9)20-6-4-18(12)3-5-19-10/h1-2,7-8H,3-6H2,(H,14,15). The summed E-state index contributed by atoms with van der Waals surface area (Å²) < 4.78 is 11.4. The summed E-state index contributed by atoms with van der Waals surface area (Å²) in [6, 6.07) is 3.76. The third-order valence-electron chi connectivity index (χ3n) is 3.32. The van der Waals surface area contributed by atoms with Gasteiger partial charge in [0.05, 0.1) is 18.8 Å². The molecular formula is C13H13N5O2. The van der Waals surface area contributed by atoms with Crippen molar-refractivity contribution in [2.24, 2.45) is 10.2 Å². The first kappa shape index (κ1) is 11.3. The van der Waals surface area contributed by atoms with E-state index in [1.54, 1.807) is 12.4 Å². The molecular weight excluding hydrogens is 258 g/mol. The van der Waals surface area contributed by atoms with E-state index in [1.807, 2.05) is 12.1 Å². The topological polar surface area (TPSA) is 75.1 Å². The lowest BCUT2D eigenvalue weighted by molar-refractivity contribution is 0.263. The number of nitrogens with one attached hydrogen (secondary N) is 1. The minimum Gasteiger partial charge on any atom is -0.489 e. The first-order valence-electron chi connectivity index (χ1n) is 6.50. The van der Waals surface area contributed by atoms with E-state index in [0.29, 0.717) is 24.8 Å². The summed E-state index contributed by atoms with van der Waals surface area (Å²) in [4.78, 5) is 9.16. The zero-order valence-electron chi connectivity index (χ0n) is 10.7. The maximum absolute atomic E-state index is 5.70. The fraction of sp³-hybridized carbons (Fsp3) is 0.308. The monoisotopic (exact) mass is 271 g/mol. The van der Waals surface area contributed by atoms with Crippen LogP contribution in [0.3, 0.4) is 0 Å². The van der Waals surface area contributed by atoms with Crippen LogP contribution in [-0.4, -0.2) is 36.3 Å². The predicted octanol–water partition coefficient (Wildman–Crippen LogP) is 2.42. The summed E-state index contributed by atoms with van der Waals surface area (Å²) in [7, 11) is 0. The highest BCUT2D eigenvalue weighted by molar-refractivity contribution is 5.74. The van der Waals surface area contributed by atoms with Crippen molar-refractivity contribution in [3.63, 3.8) is 0 Å². The van der Waals surface area contributed by atoms with Crippen LogP contribution < -0.4 is 14.4 Å². The average molecular weight is 271 g/mol. The van der Waals surface area contributed by atoms with Crippen molar-refractivity contribution >= 4 is 17.3 Å². The van der Waals surface area contributed by atoms with Crippen LogP contribution in [0.4, 0.5) is 17.3 Å². The molecule has 2 aliphatic heterocycles. The normalized spacial score (nSPS) is 16.7. The van der Waals surface area contributed by atoms with Crippen LogP contribution in [0.25, 0.3) is 0 Å². The van der Waals surface area contributed by atoms with Crippen LogP contribution in [0.2, 0.25) is 0 Å². The van der Waals surface area contributed by atoms with Gasteiger partial charge in [-0.3, -0.25) is 0 Å². The number of hydrogen-bond acceptors (Lipinski definition) is 6. The summed E-state index contributed by atoms with van der Waals surface area (Å²) in [5.74, 6) is 2.09. The molecule has 4 rings (SSSR count). The van der Waals surface area contributed by atoms with Gasteiger partial charge in [-0.2, -0.15) is 0 Å². The van der Waals surface area contributed by atoms with Crippen LogP contribution >= 0.6 is 0 Å². The number of aromatic amines is 1. The van der Waals surface area contributed by atoms with Gasteiger partial charge in [0.1, 0.15) is 30.4 Å². The minimum absolute atomic E-state index is 0.472. The number of rotatable bonds is 2. The van der Waals surface area contributed by atoms with Gasteiger partial charge >= 0.3 is 0 Å². The van der Waals surface area contributed by atoms with Crippen LogP contribution in [-0.2, 0) is 0 Å². The maximum atomic E-state index is 5.70. The summed E-state index contributed by atoms with van der Waals surface area (Å²) in [5.41, 5.74) is 1.72. The molecule has 1 N–H and O–H groups in total. The number of hydrogen-bond donors (Lipinski definition) is 1. The van der Waals surface area contributed by atoms with Crippen LogP contribution in [0.15, 0.2) is 34.8 Å². The highest BCUT2D eigenvalue weighted by atomic mass is 16.5. The molecule has 7 heteroatoms. The Morgan fingerprint density at radius 1 is 1.10 bits per heavy atom. The van der Waals surface area contributed by atoms with Crippen LogP contribution in [0.5, 0.6) is 11.5 Å². The number of anilines is 1. The van der Waals surface area contributed by atoms with Gasteiger partial charge in [-0.1, -0.05) is 0 Å². The molecule has 20 heavy (non-hydrogen) atoms. The number of ether oxygens (including phenoxy) is 2. The summed E-state index contributed by atoms with van der Waals surface area (Å²) >= 11 is 0. The second-order valence-corrected chi connectivity index (χ2v) is 4.59. The third-order valence-corrected chi connectivity index (χ3v) is 3.32. The zero-order chi connectivity index (χ0) is 13.4. The molecule has 0 fully saturated rings. The van der Waals surface area contributed by atoms with Crippen molar-refractivity contribution in [3.05, 3.63) is 24.5 Å². The fourth-order valence-electron chi connectivity index (χ4n) is 2.44. The molecule has 2 aromatic rings. The van der Waals surface area contributed by atoms with Gasteiger partial charge in [-0.05, 0) is 0 Å². The SMILES string of the molecule is c1c[nH]c(N=Nc2cc3c4c(c2)OCCN4CCO3)n1. The number of H-pyrrole nitrogens is 1. The minimum atomic E-state index is 0.472.